The van der Waals surface area contributed by atoms with Gasteiger partial charge in [0.25, 0.3) is 0 Å². The van der Waals surface area contributed by atoms with Gasteiger partial charge in [-0.05, 0) is 30.2 Å². The van der Waals surface area contributed by atoms with Crippen molar-refractivity contribution in [1.82, 2.24) is 0 Å². The molecular weight excluding hydrogens is 203 g/mol. The highest BCUT2D eigenvalue weighted by Crippen LogP contribution is 2.18. The van der Waals surface area contributed by atoms with Crippen LogP contribution in [0.15, 0.2) is 18.2 Å². The number of carbonyl (C=O) groups is 1. The standard InChI is InChI=1S/C10H11FO2S/c1-13-8-3-4-9(11)7(6-8)2-5-10(12)14/h3-4,6H,2,5H2,1H3,(H,12,14). The number of rotatable bonds is 4. The summed E-state index contributed by atoms with van der Waals surface area (Å²) < 4.78 is 18.1. The van der Waals surface area contributed by atoms with Crippen molar-refractivity contribution < 1.29 is 13.9 Å². The molecule has 14 heavy (non-hydrogen) atoms. The van der Waals surface area contributed by atoms with E-state index in [2.05, 4.69) is 12.6 Å². The van der Waals surface area contributed by atoms with Crippen LogP contribution in [0.2, 0.25) is 0 Å². The van der Waals surface area contributed by atoms with Crippen molar-refractivity contribution in [2.24, 2.45) is 0 Å². The number of hydrogen-bond acceptors (Lipinski definition) is 2. The monoisotopic (exact) mass is 214 g/mol. The second kappa shape index (κ2) is 5.00. The number of hydrogen-bond donors (Lipinski definition) is 1. The lowest BCUT2D eigenvalue weighted by Crippen LogP contribution is -1.96. The van der Waals surface area contributed by atoms with Crippen molar-refractivity contribution in [3.63, 3.8) is 0 Å². The maximum Gasteiger partial charge on any atom is 0.186 e. The molecule has 0 saturated carbocycles. The van der Waals surface area contributed by atoms with E-state index in [9.17, 15) is 9.18 Å². The Morgan fingerprint density at radius 2 is 2.29 bits per heavy atom. The quantitative estimate of drug-likeness (QED) is 0.778. The summed E-state index contributed by atoms with van der Waals surface area (Å²) in [6.07, 6.45) is 0.582. The van der Waals surface area contributed by atoms with Crippen LogP contribution in [0.25, 0.3) is 0 Å². The molecule has 0 aliphatic carbocycles. The Bertz CT molecular complexity index is 339. The van der Waals surface area contributed by atoms with E-state index in [0.717, 1.165) is 0 Å². The Balaban J connectivity index is 2.78. The number of aryl methyl sites for hydroxylation is 1. The number of halogens is 1. The molecule has 0 atom stereocenters. The van der Waals surface area contributed by atoms with Crippen LogP contribution in [-0.2, 0) is 11.2 Å². The van der Waals surface area contributed by atoms with Crippen molar-refractivity contribution in [2.45, 2.75) is 12.8 Å². The molecule has 0 spiro atoms. The number of methoxy groups -OCH3 is 1. The Kier molecular flexibility index (Phi) is 3.95. The van der Waals surface area contributed by atoms with E-state index < -0.39 is 0 Å². The summed E-state index contributed by atoms with van der Waals surface area (Å²) in [5.74, 6) is 0.272. The Hall–Kier alpha value is -1.03. The van der Waals surface area contributed by atoms with E-state index in [4.69, 9.17) is 4.74 Å². The van der Waals surface area contributed by atoms with E-state index in [1.165, 1.54) is 13.2 Å². The first-order chi connectivity index (χ1) is 6.63. The summed E-state index contributed by atoms with van der Waals surface area (Å²) >= 11 is 3.62. The van der Waals surface area contributed by atoms with Gasteiger partial charge >= 0.3 is 0 Å². The Morgan fingerprint density at radius 1 is 1.57 bits per heavy atom. The molecular formula is C10H11FO2S. The molecule has 0 saturated heterocycles. The SMILES string of the molecule is COc1ccc(F)c(CCC(=O)S)c1. The highest BCUT2D eigenvalue weighted by molar-refractivity contribution is 7.96. The number of thiol groups is 1. The first-order valence-electron chi connectivity index (χ1n) is 4.17. The minimum absolute atomic E-state index is 0.229. The second-order valence-corrected chi connectivity index (χ2v) is 3.35. The molecule has 0 N–H and O–H groups in total. The summed E-state index contributed by atoms with van der Waals surface area (Å²) in [6.45, 7) is 0. The van der Waals surface area contributed by atoms with Gasteiger partial charge in [0.05, 0.1) is 7.11 Å². The molecule has 1 aromatic rings. The lowest BCUT2D eigenvalue weighted by Gasteiger charge is -2.04. The highest BCUT2D eigenvalue weighted by Gasteiger charge is 2.05. The van der Waals surface area contributed by atoms with Crippen molar-refractivity contribution >= 4 is 17.7 Å². The topological polar surface area (TPSA) is 26.3 Å². The molecule has 0 radical (unpaired) electrons. The smallest absolute Gasteiger partial charge is 0.186 e. The van der Waals surface area contributed by atoms with E-state index in [-0.39, 0.29) is 17.4 Å². The number of benzene rings is 1. The van der Waals surface area contributed by atoms with Crippen LogP contribution in [-0.4, -0.2) is 12.2 Å². The molecule has 0 aliphatic heterocycles. The second-order valence-electron chi connectivity index (χ2n) is 2.85. The van der Waals surface area contributed by atoms with Gasteiger partial charge in [-0.15, -0.1) is 12.6 Å². The van der Waals surface area contributed by atoms with Gasteiger partial charge in [-0.3, -0.25) is 4.79 Å². The molecule has 0 aromatic heterocycles. The maximum atomic E-state index is 13.2. The summed E-state index contributed by atoms with van der Waals surface area (Å²) in [4.78, 5) is 10.6. The first-order valence-corrected chi connectivity index (χ1v) is 4.62. The Morgan fingerprint density at radius 3 is 2.86 bits per heavy atom. The van der Waals surface area contributed by atoms with Gasteiger partial charge in [0, 0.05) is 6.42 Å². The van der Waals surface area contributed by atoms with E-state index in [1.807, 2.05) is 0 Å². The molecule has 0 fully saturated rings. The van der Waals surface area contributed by atoms with Crippen LogP contribution in [0.5, 0.6) is 5.75 Å². The number of ether oxygens (including phenoxy) is 1. The molecule has 0 aliphatic rings. The minimum atomic E-state index is -0.319. The zero-order valence-corrected chi connectivity index (χ0v) is 8.68. The zero-order valence-electron chi connectivity index (χ0n) is 7.79. The van der Waals surface area contributed by atoms with Crippen LogP contribution >= 0.6 is 12.6 Å². The van der Waals surface area contributed by atoms with Crippen molar-refractivity contribution in [1.29, 1.82) is 0 Å². The fraction of sp³-hybridized carbons (Fsp3) is 0.300. The van der Waals surface area contributed by atoms with Gasteiger partial charge in [0.15, 0.2) is 5.12 Å². The number of carbonyl (C=O) groups excluding carboxylic acids is 1. The molecule has 0 amide bonds. The summed E-state index contributed by atoms with van der Waals surface area (Å²) in [5, 5.41) is -0.243. The highest BCUT2D eigenvalue weighted by atomic mass is 32.1. The third kappa shape index (κ3) is 3.03. The molecule has 0 bridgehead atoms. The average Bonchev–Trinajstić information content (AvgIpc) is 2.16. The normalized spacial score (nSPS) is 9.93. The summed E-state index contributed by atoms with van der Waals surface area (Å²) in [5.41, 5.74) is 0.478. The van der Waals surface area contributed by atoms with Gasteiger partial charge < -0.3 is 4.74 Å². The van der Waals surface area contributed by atoms with Gasteiger partial charge in [-0.1, -0.05) is 0 Å². The van der Waals surface area contributed by atoms with E-state index in [1.54, 1.807) is 12.1 Å². The molecule has 0 unspecified atom stereocenters. The van der Waals surface area contributed by atoms with Crippen molar-refractivity contribution in [3.8, 4) is 5.75 Å². The molecule has 1 rings (SSSR count). The van der Waals surface area contributed by atoms with E-state index in [0.29, 0.717) is 17.7 Å². The minimum Gasteiger partial charge on any atom is -0.497 e. The van der Waals surface area contributed by atoms with Crippen LogP contribution < -0.4 is 4.74 Å². The third-order valence-corrected chi connectivity index (χ3v) is 2.08. The van der Waals surface area contributed by atoms with Crippen molar-refractivity contribution in [3.05, 3.63) is 29.6 Å². The van der Waals surface area contributed by atoms with Gasteiger partial charge in [0.1, 0.15) is 11.6 Å². The average molecular weight is 214 g/mol. The van der Waals surface area contributed by atoms with Crippen LogP contribution in [0, 0.1) is 5.82 Å². The lowest BCUT2D eigenvalue weighted by atomic mass is 10.1. The van der Waals surface area contributed by atoms with Gasteiger partial charge in [0.2, 0.25) is 0 Å². The Labute approximate surface area is 87.5 Å². The molecule has 2 nitrogen and oxygen atoms in total. The maximum absolute atomic E-state index is 13.2. The fourth-order valence-corrected chi connectivity index (χ4v) is 1.22. The van der Waals surface area contributed by atoms with Gasteiger partial charge in [-0.25, -0.2) is 4.39 Å². The summed E-state index contributed by atoms with van der Waals surface area (Å²) in [7, 11) is 1.51. The van der Waals surface area contributed by atoms with Crippen LogP contribution in [0.3, 0.4) is 0 Å². The van der Waals surface area contributed by atoms with Gasteiger partial charge in [-0.2, -0.15) is 0 Å². The lowest BCUT2D eigenvalue weighted by molar-refractivity contribution is -0.110. The van der Waals surface area contributed by atoms with Crippen molar-refractivity contribution in [2.75, 3.05) is 7.11 Å². The molecule has 0 heterocycles. The predicted octanol–water partition coefficient (Wildman–Crippen LogP) is 2.22. The van der Waals surface area contributed by atoms with Crippen LogP contribution in [0.1, 0.15) is 12.0 Å². The van der Waals surface area contributed by atoms with E-state index >= 15 is 0 Å². The summed E-state index contributed by atoms with van der Waals surface area (Å²) in [6, 6.07) is 4.46. The van der Waals surface area contributed by atoms with Crippen LogP contribution in [0.4, 0.5) is 4.39 Å². The molecule has 76 valence electrons. The predicted molar refractivity (Wildman–Crippen MR) is 55.3 cm³/mol. The third-order valence-electron chi connectivity index (χ3n) is 1.86. The zero-order chi connectivity index (χ0) is 10.6. The fourth-order valence-electron chi connectivity index (χ4n) is 1.11. The molecule has 1 aromatic carbocycles. The first kappa shape index (κ1) is 11.0. The molecule has 4 heteroatoms. The largest absolute Gasteiger partial charge is 0.497 e.